The number of benzene rings is 1. The van der Waals surface area contributed by atoms with Gasteiger partial charge in [-0.15, -0.1) is 0 Å². The number of fused-ring (bicyclic) bond motifs is 3. The maximum atomic E-state index is 13.2. The summed E-state index contributed by atoms with van der Waals surface area (Å²) in [6, 6.07) is 8.40. The molecule has 1 aromatic carbocycles. The first kappa shape index (κ1) is 20.2. The molecule has 1 saturated carbocycles. The summed E-state index contributed by atoms with van der Waals surface area (Å²) in [4.78, 5) is 8.94. The van der Waals surface area contributed by atoms with Crippen molar-refractivity contribution in [2.24, 2.45) is 0 Å². The van der Waals surface area contributed by atoms with Crippen molar-refractivity contribution in [2.75, 3.05) is 6.26 Å². The zero-order chi connectivity index (χ0) is 22.0. The Balaban J connectivity index is 1.56. The molecule has 1 aliphatic carbocycles. The van der Waals surface area contributed by atoms with Gasteiger partial charge in [0.15, 0.2) is 5.65 Å². The Labute approximate surface area is 179 Å². The van der Waals surface area contributed by atoms with Crippen molar-refractivity contribution in [1.29, 1.82) is 0 Å². The SMILES string of the molecule is Cc1ccc(S(=O)(=O)n2ccc3c4c(cnc32)ncn4C2CC(OS(C)(=O)=O)C2)cc1. The monoisotopic (exact) mass is 460 g/mol. The van der Waals surface area contributed by atoms with Crippen molar-refractivity contribution >= 4 is 42.2 Å². The van der Waals surface area contributed by atoms with Crippen molar-refractivity contribution in [2.45, 2.75) is 36.8 Å². The lowest BCUT2D eigenvalue weighted by Crippen LogP contribution is -2.34. The van der Waals surface area contributed by atoms with Crippen molar-refractivity contribution in [3.8, 4) is 0 Å². The van der Waals surface area contributed by atoms with Crippen LogP contribution in [0.2, 0.25) is 0 Å². The van der Waals surface area contributed by atoms with Gasteiger partial charge in [0.2, 0.25) is 0 Å². The van der Waals surface area contributed by atoms with Crippen LogP contribution in [-0.4, -0.2) is 47.7 Å². The Hall–Kier alpha value is -2.76. The molecule has 4 aromatic rings. The second kappa shape index (κ2) is 6.87. The topological polar surface area (TPSA) is 113 Å². The zero-order valence-corrected chi connectivity index (χ0v) is 18.5. The Bertz CT molecular complexity index is 1510. The number of nitrogens with zero attached hydrogens (tertiary/aromatic N) is 4. The van der Waals surface area contributed by atoms with Gasteiger partial charge in [-0.25, -0.2) is 22.4 Å². The van der Waals surface area contributed by atoms with Gasteiger partial charge in [-0.3, -0.25) is 4.18 Å². The molecule has 9 nitrogen and oxygen atoms in total. The highest BCUT2D eigenvalue weighted by Crippen LogP contribution is 2.38. The first-order chi connectivity index (χ1) is 14.6. The summed E-state index contributed by atoms with van der Waals surface area (Å²) >= 11 is 0. The van der Waals surface area contributed by atoms with Crippen LogP contribution in [0.5, 0.6) is 0 Å². The summed E-state index contributed by atoms with van der Waals surface area (Å²) < 4.78 is 57.2. The van der Waals surface area contributed by atoms with Crippen LogP contribution in [0.1, 0.15) is 24.4 Å². The molecule has 0 bridgehead atoms. The van der Waals surface area contributed by atoms with Gasteiger partial charge < -0.3 is 4.57 Å². The minimum absolute atomic E-state index is 0.0133. The second-order valence-corrected chi connectivity index (χ2v) is 11.3. The molecular formula is C20H20N4O5S2. The van der Waals surface area contributed by atoms with Crippen molar-refractivity contribution < 1.29 is 21.0 Å². The van der Waals surface area contributed by atoms with Crippen LogP contribution in [0, 0.1) is 6.92 Å². The quantitative estimate of drug-likeness (QED) is 0.421. The lowest BCUT2D eigenvalue weighted by atomic mass is 9.89. The molecule has 3 aromatic heterocycles. The fourth-order valence-electron chi connectivity index (χ4n) is 3.97. The van der Waals surface area contributed by atoms with E-state index < -0.39 is 20.1 Å². The number of aryl methyl sites for hydroxylation is 1. The van der Waals surface area contributed by atoms with Gasteiger partial charge in [0.1, 0.15) is 5.52 Å². The predicted molar refractivity (Wildman–Crippen MR) is 115 cm³/mol. The van der Waals surface area contributed by atoms with Crippen LogP contribution >= 0.6 is 0 Å². The molecule has 0 saturated heterocycles. The van der Waals surface area contributed by atoms with E-state index >= 15 is 0 Å². The summed E-state index contributed by atoms with van der Waals surface area (Å²) in [6.07, 6.45) is 6.48. The number of hydrogen-bond donors (Lipinski definition) is 0. The van der Waals surface area contributed by atoms with Gasteiger partial charge in [0.05, 0.1) is 35.3 Å². The molecule has 31 heavy (non-hydrogen) atoms. The second-order valence-electron chi connectivity index (χ2n) is 7.86. The number of pyridine rings is 1. The molecule has 0 spiro atoms. The lowest BCUT2D eigenvalue weighted by Gasteiger charge is -2.35. The lowest BCUT2D eigenvalue weighted by molar-refractivity contribution is 0.0793. The van der Waals surface area contributed by atoms with Gasteiger partial charge in [0.25, 0.3) is 20.1 Å². The van der Waals surface area contributed by atoms with E-state index in [4.69, 9.17) is 4.18 Å². The molecule has 0 atom stereocenters. The van der Waals surface area contributed by atoms with Crippen LogP contribution in [0.4, 0.5) is 0 Å². The number of rotatable bonds is 5. The molecule has 0 unspecified atom stereocenters. The van der Waals surface area contributed by atoms with E-state index in [-0.39, 0.29) is 17.0 Å². The van der Waals surface area contributed by atoms with Crippen LogP contribution in [0.25, 0.3) is 22.1 Å². The standard InChI is InChI=1S/C20H20N4O5S2/c1-13-3-5-16(6-4-13)31(27,28)24-8-7-17-19-18(11-21-20(17)24)22-12-23(19)14-9-15(10-14)29-30(2,25)26/h3-8,11-12,14-15H,9-10H2,1-2H3. The third-order valence-corrected chi connectivity index (χ3v) is 7.87. The molecule has 0 radical (unpaired) electrons. The number of aromatic nitrogens is 4. The van der Waals surface area contributed by atoms with E-state index in [9.17, 15) is 16.8 Å². The molecule has 1 aliphatic rings. The van der Waals surface area contributed by atoms with Crippen LogP contribution in [0.3, 0.4) is 0 Å². The van der Waals surface area contributed by atoms with E-state index in [0.29, 0.717) is 29.4 Å². The predicted octanol–water partition coefficient (Wildman–Crippen LogP) is 2.61. The minimum Gasteiger partial charge on any atom is -0.327 e. The molecule has 3 heterocycles. The highest BCUT2D eigenvalue weighted by Gasteiger charge is 2.35. The van der Waals surface area contributed by atoms with Crippen molar-refractivity contribution in [1.82, 2.24) is 18.5 Å². The summed E-state index contributed by atoms with van der Waals surface area (Å²) in [5.74, 6) is 0. The summed E-state index contributed by atoms with van der Waals surface area (Å²) in [5, 5.41) is 0.665. The van der Waals surface area contributed by atoms with Crippen LogP contribution in [0.15, 0.2) is 53.9 Å². The average molecular weight is 461 g/mol. The van der Waals surface area contributed by atoms with Crippen LogP contribution < -0.4 is 0 Å². The van der Waals surface area contributed by atoms with E-state index in [2.05, 4.69) is 9.97 Å². The summed E-state index contributed by atoms with van der Waals surface area (Å²) in [5.41, 5.74) is 2.70. The highest BCUT2D eigenvalue weighted by molar-refractivity contribution is 7.90. The fraction of sp³-hybridized carbons (Fsp3) is 0.300. The third kappa shape index (κ3) is 3.42. The molecule has 11 heteroatoms. The molecule has 0 amide bonds. The van der Waals surface area contributed by atoms with Crippen LogP contribution in [-0.2, 0) is 24.3 Å². The van der Waals surface area contributed by atoms with Gasteiger partial charge in [-0.05, 0) is 38.0 Å². The third-order valence-electron chi connectivity index (χ3n) is 5.56. The zero-order valence-electron chi connectivity index (χ0n) is 16.8. The van der Waals surface area contributed by atoms with E-state index in [1.165, 1.54) is 10.2 Å². The molecule has 1 fully saturated rings. The smallest absolute Gasteiger partial charge is 0.269 e. The average Bonchev–Trinajstić information content (AvgIpc) is 3.28. The number of hydrogen-bond acceptors (Lipinski definition) is 7. The van der Waals surface area contributed by atoms with E-state index in [0.717, 1.165) is 17.3 Å². The summed E-state index contributed by atoms with van der Waals surface area (Å²) in [7, 11) is -7.31. The van der Waals surface area contributed by atoms with Crippen molar-refractivity contribution in [3.05, 3.63) is 54.6 Å². The normalized spacial score (nSPS) is 19.7. The van der Waals surface area contributed by atoms with Gasteiger partial charge in [0, 0.05) is 17.6 Å². The molecule has 5 rings (SSSR count). The Kier molecular flexibility index (Phi) is 4.47. The maximum Gasteiger partial charge on any atom is 0.269 e. The Morgan fingerprint density at radius 3 is 2.42 bits per heavy atom. The van der Waals surface area contributed by atoms with E-state index in [1.807, 2.05) is 11.5 Å². The van der Waals surface area contributed by atoms with Gasteiger partial charge in [-0.2, -0.15) is 8.42 Å². The Morgan fingerprint density at radius 1 is 1.03 bits per heavy atom. The maximum absolute atomic E-state index is 13.2. The van der Waals surface area contributed by atoms with Crippen molar-refractivity contribution in [3.63, 3.8) is 0 Å². The molecule has 0 aliphatic heterocycles. The minimum atomic E-state index is -3.81. The molecule has 0 N–H and O–H groups in total. The fourth-order valence-corrected chi connectivity index (χ4v) is 5.93. The Morgan fingerprint density at radius 2 is 1.74 bits per heavy atom. The van der Waals surface area contributed by atoms with E-state index in [1.54, 1.807) is 42.9 Å². The first-order valence-electron chi connectivity index (χ1n) is 9.66. The largest absolute Gasteiger partial charge is 0.327 e. The number of imidazole rings is 1. The molecular weight excluding hydrogens is 440 g/mol. The van der Waals surface area contributed by atoms with Gasteiger partial charge in [-0.1, -0.05) is 17.7 Å². The molecule has 162 valence electrons. The van der Waals surface area contributed by atoms with Gasteiger partial charge >= 0.3 is 0 Å². The highest BCUT2D eigenvalue weighted by atomic mass is 32.2. The first-order valence-corrected chi connectivity index (χ1v) is 12.9. The summed E-state index contributed by atoms with van der Waals surface area (Å²) in [6.45, 7) is 1.90.